The number of benzene rings is 8. The van der Waals surface area contributed by atoms with E-state index in [2.05, 4.69) is 175 Å². The van der Waals surface area contributed by atoms with Crippen LogP contribution in [0, 0.1) is 0 Å². The number of fused-ring (bicyclic) bond motifs is 7. The Kier molecular flexibility index (Phi) is 6.81. The molecule has 8 aromatic carbocycles. The van der Waals surface area contributed by atoms with Crippen LogP contribution in [0.3, 0.4) is 0 Å². The van der Waals surface area contributed by atoms with Crippen molar-refractivity contribution < 1.29 is 8.83 Å². The molecule has 10 rings (SSSR count). The van der Waals surface area contributed by atoms with Gasteiger partial charge in [-0.05, 0) is 81.9 Å². The van der Waals surface area contributed by atoms with Crippen LogP contribution < -0.4 is 4.90 Å². The maximum Gasteiger partial charge on any atom is 0.159 e. The maximum absolute atomic E-state index is 6.94. The van der Waals surface area contributed by atoms with Crippen molar-refractivity contribution in [3.8, 4) is 33.4 Å². The lowest BCUT2D eigenvalue weighted by atomic mass is 9.94. The fraction of sp³-hybridized carbons (Fsp3) is 0. The number of nitrogens with zero attached hydrogens (tertiary/aromatic N) is 1. The molecule has 0 saturated heterocycles. The van der Waals surface area contributed by atoms with E-state index in [-0.39, 0.29) is 0 Å². The minimum Gasteiger partial charge on any atom is -0.456 e. The summed E-state index contributed by atoms with van der Waals surface area (Å²) in [6.45, 7) is 0. The van der Waals surface area contributed by atoms with Crippen molar-refractivity contribution in [1.29, 1.82) is 0 Å². The molecule has 0 atom stereocenters. The van der Waals surface area contributed by atoms with Crippen molar-refractivity contribution in [1.82, 2.24) is 0 Å². The molecule has 3 nitrogen and oxygen atoms in total. The summed E-state index contributed by atoms with van der Waals surface area (Å²) in [7, 11) is 0. The van der Waals surface area contributed by atoms with Crippen molar-refractivity contribution in [2.24, 2.45) is 0 Å². The fourth-order valence-electron chi connectivity index (χ4n) is 7.48. The summed E-state index contributed by atoms with van der Waals surface area (Å²) >= 11 is 0. The van der Waals surface area contributed by atoms with Gasteiger partial charge in [-0.1, -0.05) is 140 Å². The van der Waals surface area contributed by atoms with E-state index in [0.29, 0.717) is 0 Å². The fourth-order valence-corrected chi connectivity index (χ4v) is 7.48. The summed E-state index contributed by atoms with van der Waals surface area (Å²) in [6, 6.07) is 66.1. The highest BCUT2D eigenvalue weighted by atomic mass is 16.3. The van der Waals surface area contributed by atoms with E-state index in [4.69, 9.17) is 8.83 Å². The zero-order valence-electron chi connectivity index (χ0n) is 27.7. The predicted octanol–water partition coefficient (Wildman–Crippen LogP) is 14.0. The molecule has 0 bridgehead atoms. The summed E-state index contributed by atoms with van der Waals surface area (Å²) in [5, 5.41) is 4.19. The number of anilines is 3. The van der Waals surface area contributed by atoms with Crippen molar-refractivity contribution in [2.45, 2.75) is 0 Å². The molecule has 0 aliphatic carbocycles. The molecule has 0 aliphatic rings. The molecule has 2 aromatic heterocycles. The Labute approximate surface area is 295 Å². The van der Waals surface area contributed by atoms with Gasteiger partial charge in [0, 0.05) is 27.5 Å². The maximum atomic E-state index is 6.94. The van der Waals surface area contributed by atoms with Gasteiger partial charge in [-0.2, -0.15) is 0 Å². The van der Waals surface area contributed by atoms with Crippen LogP contribution >= 0.6 is 0 Å². The van der Waals surface area contributed by atoms with Gasteiger partial charge in [0.15, 0.2) is 5.58 Å². The molecule has 240 valence electrons. The molecule has 10 aromatic rings. The van der Waals surface area contributed by atoms with Gasteiger partial charge >= 0.3 is 0 Å². The van der Waals surface area contributed by atoms with E-state index in [1.54, 1.807) is 0 Å². The van der Waals surface area contributed by atoms with Crippen molar-refractivity contribution >= 4 is 60.9 Å². The third-order valence-electron chi connectivity index (χ3n) is 9.91. The molecule has 51 heavy (non-hydrogen) atoms. The SMILES string of the molecule is c1ccc(-c2ccc(N(c3ccc(-c4ccccc4-c4ccccc4)cc3)c3cccc4c3oc3c4ccc4oc5ccccc5c43)cc2)cc1. The van der Waals surface area contributed by atoms with Crippen LogP contribution in [0.2, 0.25) is 0 Å². The quantitative estimate of drug-likeness (QED) is 0.179. The number of rotatable bonds is 6. The largest absolute Gasteiger partial charge is 0.456 e. The van der Waals surface area contributed by atoms with E-state index >= 15 is 0 Å². The van der Waals surface area contributed by atoms with E-state index in [1.807, 2.05) is 18.2 Å². The zero-order chi connectivity index (χ0) is 33.7. The lowest BCUT2D eigenvalue weighted by molar-refractivity contribution is 0.663. The van der Waals surface area contributed by atoms with Gasteiger partial charge in [0.2, 0.25) is 0 Å². The van der Waals surface area contributed by atoms with Crippen molar-refractivity contribution in [3.63, 3.8) is 0 Å². The van der Waals surface area contributed by atoms with Gasteiger partial charge in [0.25, 0.3) is 0 Å². The molecule has 0 radical (unpaired) electrons. The molecule has 0 unspecified atom stereocenters. The molecule has 3 heteroatoms. The first-order valence-electron chi connectivity index (χ1n) is 17.3. The summed E-state index contributed by atoms with van der Waals surface area (Å²) in [6.07, 6.45) is 0. The molecule has 0 fully saturated rings. The van der Waals surface area contributed by atoms with Gasteiger partial charge in [-0.15, -0.1) is 0 Å². The second-order valence-corrected chi connectivity index (χ2v) is 12.9. The third-order valence-corrected chi connectivity index (χ3v) is 9.91. The Morgan fingerprint density at radius 1 is 0.314 bits per heavy atom. The summed E-state index contributed by atoms with van der Waals surface area (Å²) in [5.41, 5.74) is 13.5. The minimum atomic E-state index is 0.823. The Morgan fingerprint density at radius 3 is 1.55 bits per heavy atom. The van der Waals surface area contributed by atoms with E-state index in [9.17, 15) is 0 Å². The van der Waals surface area contributed by atoms with Crippen molar-refractivity contribution in [2.75, 3.05) is 4.90 Å². The van der Waals surface area contributed by atoms with Gasteiger partial charge in [0.1, 0.15) is 16.7 Å². The Balaban J connectivity index is 1.15. The molecule has 0 saturated carbocycles. The Hall–Kier alpha value is -6.84. The first-order valence-corrected chi connectivity index (χ1v) is 17.3. The summed E-state index contributed by atoms with van der Waals surface area (Å²) in [4.78, 5) is 2.30. The Morgan fingerprint density at radius 2 is 0.843 bits per heavy atom. The molecule has 0 spiro atoms. The van der Waals surface area contributed by atoms with Gasteiger partial charge in [-0.3, -0.25) is 0 Å². The number of hydrogen-bond acceptors (Lipinski definition) is 3. The average molecular weight is 654 g/mol. The van der Waals surface area contributed by atoms with Crippen LogP contribution in [-0.2, 0) is 0 Å². The second kappa shape index (κ2) is 11.9. The predicted molar refractivity (Wildman–Crippen MR) is 212 cm³/mol. The number of hydrogen-bond donors (Lipinski definition) is 0. The lowest BCUT2D eigenvalue weighted by Crippen LogP contribution is -2.10. The van der Waals surface area contributed by atoms with Gasteiger partial charge in [0.05, 0.1) is 11.1 Å². The standard InChI is InChI=1S/C48H31NO2/c1-3-12-32(13-4-1)33-22-26-36(27-23-33)49(37-28-24-35(25-29-37)39-17-8-7-16-38(39)34-14-5-2-6-15-34)43-20-11-19-40-41-30-31-45-46(48(41)51-47(40)43)42-18-9-10-21-44(42)50-45/h1-31H. The van der Waals surface area contributed by atoms with E-state index < -0.39 is 0 Å². The van der Waals surface area contributed by atoms with Crippen LogP contribution in [0.25, 0.3) is 77.3 Å². The molecule has 0 amide bonds. The highest BCUT2D eigenvalue weighted by Gasteiger charge is 2.22. The minimum absolute atomic E-state index is 0.823. The highest BCUT2D eigenvalue weighted by molar-refractivity contribution is 6.23. The summed E-state index contributed by atoms with van der Waals surface area (Å²) < 4.78 is 13.2. The second-order valence-electron chi connectivity index (χ2n) is 12.9. The molecule has 0 N–H and O–H groups in total. The smallest absolute Gasteiger partial charge is 0.159 e. The molecule has 0 aliphatic heterocycles. The average Bonchev–Trinajstić information content (AvgIpc) is 3.78. The molecular weight excluding hydrogens is 623 g/mol. The molecular formula is C48H31NO2. The monoisotopic (exact) mass is 653 g/mol. The number of furan rings is 2. The molecule has 2 heterocycles. The van der Waals surface area contributed by atoms with Crippen LogP contribution in [0.1, 0.15) is 0 Å². The number of para-hydroxylation sites is 2. The van der Waals surface area contributed by atoms with Crippen LogP contribution in [0.15, 0.2) is 197 Å². The lowest BCUT2D eigenvalue weighted by Gasteiger charge is -2.26. The van der Waals surface area contributed by atoms with E-state index in [1.165, 1.54) is 27.8 Å². The van der Waals surface area contributed by atoms with Gasteiger partial charge < -0.3 is 13.7 Å². The normalized spacial score (nSPS) is 11.5. The van der Waals surface area contributed by atoms with Crippen LogP contribution in [0.5, 0.6) is 0 Å². The zero-order valence-corrected chi connectivity index (χ0v) is 27.7. The summed E-state index contributed by atoms with van der Waals surface area (Å²) in [5.74, 6) is 0. The topological polar surface area (TPSA) is 29.5 Å². The third kappa shape index (κ3) is 4.90. The Bertz CT molecular complexity index is 2830. The highest BCUT2D eigenvalue weighted by Crippen LogP contribution is 2.45. The van der Waals surface area contributed by atoms with Crippen molar-refractivity contribution in [3.05, 3.63) is 188 Å². The van der Waals surface area contributed by atoms with Gasteiger partial charge in [-0.25, -0.2) is 0 Å². The first-order chi connectivity index (χ1) is 25.3. The first kappa shape index (κ1) is 29.1. The van der Waals surface area contributed by atoms with E-state index in [0.717, 1.165) is 66.5 Å². The van der Waals surface area contributed by atoms with Crippen LogP contribution in [0.4, 0.5) is 17.1 Å². The van der Waals surface area contributed by atoms with Crippen LogP contribution in [-0.4, -0.2) is 0 Å².